The molecule has 36 heavy (non-hydrogen) atoms. The highest BCUT2D eigenvalue weighted by Gasteiger charge is 2.31. The minimum absolute atomic E-state index is 0.0301. The van der Waals surface area contributed by atoms with Gasteiger partial charge in [-0.15, -0.1) is 0 Å². The van der Waals surface area contributed by atoms with Crippen molar-refractivity contribution in [3.05, 3.63) is 101 Å². The number of nitrogens with zero attached hydrogens (tertiary/aromatic N) is 1. The summed E-state index contributed by atoms with van der Waals surface area (Å²) in [4.78, 5) is 39.3. The highest BCUT2D eigenvalue weighted by Crippen LogP contribution is 2.25. The Kier molecular flexibility index (Phi) is 8.18. The number of rotatable bonds is 9. The van der Waals surface area contributed by atoms with Gasteiger partial charge in [0.05, 0.1) is 13.7 Å². The largest absolute Gasteiger partial charge is 0.489 e. The van der Waals surface area contributed by atoms with Crippen molar-refractivity contribution in [2.75, 3.05) is 20.2 Å². The molecule has 1 unspecified atom stereocenters. The molecule has 2 amide bonds. The Labute approximate surface area is 209 Å². The van der Waals surface area contributed by atoms with Crippen LogP contribution in [0.5, 0.6) is 5.75 Å². The molecule has 0 saturated carbocycles. The molecule has 186 valence electrons. The zero-order valence-corrected chi connectivity index (χ0v) is 20.0. The smallest absolute Gasteiger partial charge is 0.408 e. The second kappa shape index (κ2) is 11.9. The lowest BCUT2D eigenvalue weighted by atomic mass is 9.98. The van der Waals surface area contributed by atoms with Crippen molar-refractivity contribution in [3.63, 3.8) is 0 Å². The summed E-state index contributed by atoms with van der Waals surface area (Å²) in [6.07, 6.45) is -0.171. The van der Waals surface area contributed by atoms with Gasteiger partial charge >= 0.3 is 12.1 Å². The molecule has 8 heteroatoms. The number of carbonyl (C=O) groups is 3. The Morgan fingerprint density at radius 1 is 0.944 bits per heavy atom. The summed E-state index contributed by atoms with van der Waals surface area (Å²) in [5.74, 6) is -0.191. The molecule has 0 bridgehead atoms. The fourth-order valence-electron chi connectivity index (χ4n) is 3.97. The van der Waals surface area contributed by atoms with Crippen molar-refractivity contribution in [2.45, 2.75) is 25.7 Å². The third-order valence-electron chi connectivity index (χ3n) is 5.89. The molecule has 0 fully saturated rings. The maximum Gasteiger partial charge on any atom is 0.408 e. The molecule has 3 aromatic carbocycles. The molecule has 8 nitrogen and oxygen atoms in total. The first-order valence-electron chi connectivity index (χ1n) is 11.7. The molecule has 1 aliphatic heterocycles. The van der Waals surface area contributed by atoms with E-state index in [4.69, 9.17) is 14.2 Å². The molecule has 4 rings (SSSR count). The van der Waals surface area contributed by atoms with E-state index >= 15 is 0 Å². The minimum atomic E-state index is -1.06. The van der Waals surface area contributed by atoms with Gasteiger partial charge in [0.2, 0.25) is 0 Å². The van der Waals surface area contributed by atoms with Crippen LogP contribution in [0.2, 0.25) is 0 Å². The molecule has 0 spiro atoms. The van der Waals surface area contributed by atoms with Gasteiger partial charge in [-0.05, 0) is 41.3 Å². The van der Waals surface area contributed by atoms with Gasteiger partial charge in [0.15, 0.2) is 0 Å². The van der Waals surface area contributed by atoms with Crippen LogP contribution in [0.25, 0.3) is 0 Å². The van der Waals surface area contributed by atoms with Crippen LogP contribution in [0.3, 0.4) is 0 Å². The van der Waals surface area contributed by atoms with E-state index < -0.39 is 18.1 Å². The number of methoxy groups -OCH3 is 1. The van der Waals surface area contributed by atoms with Crippen LogP contribution in [0, 0.1) is 0 Å². The Morgan fingerprint density at radius 3 is 2.28 bits per heavy atom. The van der Waals surface area contributed by atoms with E-state index in [1.54, 1.807) is 12.1 Å². The van der Waals surface area contributed by atoms with Gasteiger partial charge in [-0.3, -0.25) is 4.79 Å². The zero-order valence-electron chi connectivity index (χ0n) is 20.0. The first kappa shape index (κ1) is 24.8. The number of benzene rings is 3. The zero-order chi connectivity index (χ0) is 25.3. The molecule has 1 aliphatic rings. The van der Waals surface area contributed by atoms with E-state index in [9.17, 15) is 14.4 Å². The monoisotopic (exact) mass is 488 g/mol. The van der Waals surface area contributed by atoms with Gasteiger partial charge < -0.3 is 24.4 Å². The summed E-state index contributed by atoms with van der Waals surface area (Å²) in [7, 11) is 1.23. The van der Waals surface area contributed by atoms with E-state index in [1.165, 1.54) is 12.0 Å². The SMILES string of the molecule is COC(=O)C(CN1CCc2cc(OCc3ccccc3)ccc2C1=O)NC(=O)OCc1ccccc1. The number of esters is 1. The van der Waals surface area contributed by atoms with Gasteiger partial charge in [0.1, 0.15) is 25.0 Å². The third kappa shape index (κ3) is 6.41. The first-order chi connectivity index (χ1) is 17.5. The number of carbonyl (C=O) groups excluding carboxylic acids is 3. The Hall–Kier alpha value is -4.33. The molecule has 0 aliphatic carbocycles. The number of hydrogen-bond donors (Lipinski definition) is 1. The van der Waals surface area contributed by atoms with E-state index in [0.29, 0.717) is 30.9 Å². The summed E-state index contributed by atoms with van der Waals surface area (Å²) < 4.78 is 15.9. The van der Waals surface area contributed by atoms with Crippen molar-refractivity contribution in [3.8, 4) is 5.75 Å². The lowest BCUT2D eigenvalue weighted by Crippen LogP contribution is -2.52. The van der Waals surface area contributed by atoms with E-state index in [2.05, 4.69) is 5.32 Å². The van der Waals surface area contributed by atoms with Crippen LogP contribution < -0.4 is 10.1 Å². The lowest BCUT2D eigenvalue weighted by molar-refractivity contribution is -0.143. The van der Waals surface area contributed by atoms with Gasteiger partial charge in [0.25, 0.3) is 5.91 Å². The second-order valence-corrected chi connectivity index (χ2v) is 8.38. The summed E-state index contributed by atoms with van der Waals surface area (Å²) in [5.41, 5.74) is 3.30. The molecule has 3 aromatic rings. The fraction of sp³-hybridized carbons (Fsp3) is 0.250. The lowest BCUT2D eigenvalue weighted by Gasteiger charge is -2.31. The van der Waals surface area contributed by atoms with Gasteiger partial charge in [-0.25, -0.2) is 9.59 Å². The van der Waals surface area contributed by atoms with Crippen molar-refractivity contribution in [1.29, 1.82) is 0 Å². The number of ether oxygens (including phenoxy) is 3. The van der Waals surface area contributed by atoms with Crippen LogP contribution in [0.1, 0.15) is 27.0 Å². The normalized spacial score (nSPS) is 13.4. The van der Waals surface area contributed by atoms with Crippen LogP contribution in [0.15, 0.2) is 78.9 Å². The Bertz CT molecular complexity index is 1200. The average molecular weight is 489 g/mol. The number of fused-ring (bicyclic) bond motifs is 1. The van der Waals surface area contributed by atoms with Gasteiger partial charge in [-0.1, -0.05) is 60.7 Å². The molecule has 0 radical (unpaired) electrons. The van der Waals surface area contributed by atoms with Crippen LogP contribution >= 0.6 is 0 Å². The van der Waals surface area contributed by atoms with Crippen molar-refractivity contribution < 1.29 is 28.6 Å². The number of hydrogen-bond acceptors (Lipinski definition) is 6. The quantitative estimate of drug-likeness (QED) is 0.462. The molecule has 1 atom stereocenters. The van der Waals surface area contributed by atoms with Crippen molar-refractivity contribution in [2.24, 2.45) is 0 Å². The standard InChI is InChI=1S/C28H28N2O6/c1-34-27(32)25(29-28(33)36-19-21-10-6-3-7-11-21)17-30-15-14-22-16-23(12-13-24(22)26(30)31)35-18-20-8-4-2-5-9-20/h2-13,16,25H,14-15,17-19H2,1H3,(H,29,33). The highest BCUT2D eigenvalue weighted by molar-refractivity contribution is 5.97. The number of amides is 2. The van der Waals surface area contributed by atoms with Gasteiger partial charge in [0, 0.05) is 12.1 Å². The van der Waals surface area contributed by atoms with E-state index in [0.717, 1.165) is 16.7 Å². The summed E-state index contributed by atoms with van der Waals surface area (Å²) >= 11 is 0. The summed E-state index contributed by atoms with van der Waals surface area (Å²) in [6, 6.07) is 23.4. The maximum atomic E-state index is 13.1. The molecule has 1 heterocycles. The third-order valence-corrected chi connectivity index (χ3v) is 5.89. The molecule has 0 aromatic heterocycles. The average Bonchev–Trinajstić information content (AvgIpc) is 2.92. The first-order valence-corrected chi connectivity index (χ1v) is 11.7. The van der Waals surface area contributed by atoms with Crippen molar-refractivity contribution in [1.82, 2.24) is 10.2 Å². The summed E-state index contributed by atoms with van der Waals surface area (Å²) in [5, 5.41) is 2.52. The Balaban J connectivity index is 1.36. The van der Waals surface area contributed by atoms with E-state index in [1.807, 2.05) is 66.7 Å². The van der Waals surface area contributed by atoms with Crippen LogP contribution in [-0.4, -0.2) is 49.1 Å². The number of alkyl carbamates (subject to hydrolysis) is 1. The predicted octanol–water partition coefficient (Wildman–Crippen LogP) is 3.73. The van der Waals surface area contributed by atoms with Crippen LogP contribution in [-0.2, 0) is 33.9 Å². The topological polar surface area (TPSA) is 94.2 Å². The predicted molar refractivity (Wildman–Crippen MR) is 132 cm³/mol. The molecule has 0 saturated heterocycles. The van der Waals surface area contributed by atoms with Crippen LogP contribution in [0.4, 0.5) is 4.79 Å². The molecular weight excluding hydrogens is 460 g/mol. The summed E-state index contributed by atoms with van der Waals surface area (Å²) in [6.45, 7) is 0.859. The minimum Gasteiger partial charge on any atom is -0.489 e. The number of nitrogens with one attached hydrogen (secondary N) is 1. The Morgan fingerprint density at radius 2 is 1.61 bits per heavy atom. The van der Waals surface area contributed by atoms with Gasteiger partial charge in [-0.2, -0.15) is 0 Å². The highest BCUT2D eigenvalue weighted by atomic mass is 16.6. The van der Waals surface area contributed by atoms with E-state index in [-0.39, 0.29) is 19.1 Å². The second-order valence-electron chi connectivity index (χ2n) is 8.38. The molecule has 1 N–H and O–H groups in total. The maximum absolute atomic E-state index is 13.1. The molecular formula is C28H28N2O6. The fourth-order valence-corrected chi connectivity index (χ4v) is 3.97. The van der Waals surface area contributed by atoms with Crippen molar-refractivity contribution >= 4 is 18.0 Å².